The van der Waals surface area contributed by atoms with E-state index in [0.29, 0.717) is 5.41 Å². The topological polar surface area (TPSA) is 3.24 Å². The molecule has 0 spiro atoms. The van der Waals surface area contributed by atoms with Crippen molar-refractivity contribution in [1.29, 1.82) is 0 Å². The summed E-state index contributed by atoms with van der Waals surface area (Å²) in [6.07, 6.45) is 2.54. The Morgan fingerprint density at radius 2 is 2.12 bits per heavy atom. The fourth-order valence-corrected chi connectivity index (χ4v) is 3.95. The molecule has 2 bridgehead atoms. The third-order valence-corrected chi connectivity index (χ3v) is 5.44. The highest BCUT2D eigenvalue weighted by molar-refractivity contribution is 5.42. The van der Waals surface area contributed by atoms with Gasteiger partial charge in [0.15, 0.2) is 0 Å². The van der Waals surface area contributed by atoms with E-state index in [9.17, 15) is 0 Å². The van der Waals surface area contributed by atoms with Crippen molar-refractivity contribution in [2.45, 2.75) is 45.1 Å². The standard InChI is InChI=1S/C16H23N/c1-11-5-6-13-10-15-12(2)16(3,14(13)9-11)7-8-17(15)4/h5-6,9,12,15H,7-8,10H2,1-4H3. The van der Waals surface area contributed by atoms with Crippen LogP contribution in [0.4, 0.5) is 0 Å². The Morgan fingerprint density at radius 3 is 2.88 bits per heavy atom. The van der Waals surface area contributed by atoms with Gasteiger partial charge in [-0.1, -0.05) is 37.6 Å². The highest BCUT2D eigenvalue weighted by Crippen LogP contribution is 2.48. The fourth-order valence-electron chi connectivity index (χ4n) is 3.95. The molecule has 0 N–H and O–H groups in total. The Balaban J connectivity index is 2.16. The van der Waals surface area contributed by atoms with Crippen molar-refractivity contribution < 1.29 is 0 Å². The van der Waals surface area contributed by atoms with Crippen molar-refractivity contribution in [3.63, 3.8) is 0 Å². The van der Waals surface area contributed by atoms with Crippen molar-refractivity contribution in [1.82, 2.24) is 4.90 Å². The quantitative estimate of drug-likeness (QED) is 0.660. The minimum Gasteiger partial charge on any atom is -0.303 e. The van der Waals surface area contributed by atoms with E-state index in [4.69, 9.17) is 0 Å². The van der Waals surface area contributed by atoms with Crippen molar-refractivity contribution >= 4 is 0 Å². The molecule has 1 fully saturated rings. The van der Waals surface area contributed by atoms with Crippen LogP contribution in [-0.4, -0.2) is 24.5 Å². The molecule has 1 heterocycles. The number of likely N-dealkylation sites (N-methyl/N-ethyl adjacent to an activating group) is 1. The normalized spacial score (nSPS) is 36.7. The van der Waals surface area contributed by atoms with Gasteiger partial charge in [-0.3, -0.25) is 0 Å². The van der Waals surface area contributed by atoms with Crippen LogP contribution >= 0.6 is 0 Å². The molecule has 3 unspecified atom stereocenters. The molecule has 1 nitrogen and oxygen atoms in total. The fraction of sp³-hybridized carbons (Fsp3) is 0.625. The van der Waals surface area contributed by atoms with Crippen LogP contribution in [-0.2, 0) is 11.8 Å². The van der Waals surface area contributed by atoms with Gasteiger partial charge in [-0.15, -0.1) is 0 Å². The summed E-state index contributed by atoms with van der Waals surface area (Å²) in [5.41, 5.74) is 5.04. The van der Waals surface area contributed by atoms with E-state index in [1.165, 1.54) is 24.9 Å². The predicted octanol–water partition coefficient (Wildman–Crippen LogP) is 3.15. The van der Waals surface area contributed by atoms with Crippen LogP contribution in [0.5, 0.6) is 0 Å². The number of piperidine rings is 1. The number of fused-ring (bicyclic) bond motifs is 4. The number of hydrogen-bond acceptors (Lipinski definition) is 1. The zero-order valence-electron chi connectivity index (χ0n) is 11.5. The summed E-state index contributed by atoms with van der Waals surface area (Å²) in [4.78, 5) is 2.56. The first-order valence-corrected chi connectivity index (χ1v) is 6.82. The molecule has 3 rings (SSSR count). The second kappa shape index (κ2) is 3.58. The van der Waals surface area contributed by atoms with Crippen LogP contribution in [0.2, 0.25) is 0 Å². The zero-order valence-corrected chi connectivity index (χ0v) is 11.5. The number of benzene rings is 1. The summed E-state index contributed by atoms with van der Waals surface area (Å²) in [6, 6.07) is 7.81. The highest BCUT2D eigenvalue weighted by atomic mass is 15.1. The third-order valence-electron chi connectivity index (χ3n) is 5.44. The van der Waals surface area contributed by atoms with Gasteiger partial charge in [0.2, 0.25) is 0 Å². The number of likely N-dealkylation sites (tertiary alicyclic amines) is 1. The first-order valence-electron chi connectivity index (χ1n) is 6.82. The Kier molecular flexibility index (Phi) is 2.38. The Labute approximate surface area is 105 Å². The average Bonchev–Trinajstić information content (AvgIpc) is 2.30. The van der Waals surface area contributed by atoms with Gasteiger partial charge in [0.05, 0.1) is 0 Å². The third kappa shape index (κ3) is 1.48. The maximum Gasteiger partial charge on any atom is 0.0167 e. The highest BCUT2D eigenvalue weighted by Gasteiger charge is 2.47. The van der Waals surface area contributed by atoms with Crippen molar-refractivity contribution in [2.75, 3.05) is 13.6 Å². The average molecular weight is 229 g/mol. The van der Waals surface area contributed by atoms with Gasteiger partial charge in [0, 0.05) is 6.04 Å². The zero-order chi connectivity index (χ0) is 12.2. The maximum absolute atomic E-state index is 2.56. The number of hydrogen-bond donors (Lipinski definition) is 0. The SMILES string of the molecule is Cc1ccc2c(c1)C1(C)CCN(C)C(C2)C1C. The maximum atomic E-state index is 2.56. The molecule has 3 atom stereocenters. The molecule has 2 aliphatic rings. The molecule has 1 heteroatoms. The lowest BCUT2D eigenvalue weighted by Gasteiger charge is -2.53. The van der Waals surface area contributed by atoms with Crippen LogP contribution in [0.25, 0.3) is 0 Å². The second-order valence-electron chi connectivity index (χ2n) is 6.37. The first-order chi connectivity index (χ1) is 8.02. The molecule has 17 heavy (non-hydrogen) atoms. The lowest BCUT2D eigenvalue weighted by atomic mass is 9.59. The van der Waals surface area contributed by atoms with Crippen LogP contribution in [0.15, 0.2) is 18.2 Å². The monoisotopic (exact) mass is 229 g/mol. The summed E-state index contributed by atoms with van der Waals surface area (Å²) in [5.74, 6) is 0.774. The molecule has 1 aromatic rings. The molecule has 0 aromatic heterocycles. The molecule has 1 aromatic carbocycles. The van der Waals surface area contributed by atoms with Gasteiger partial charge in [-0.2, -0.15) is 0 Å². The van der Waals surface area contributed by atoms with Gasteiger partial charge in [0.1, 0.15) is 0 Å². The molecule has 0 amide bonds. The van der Waals surface area contributed by atoms with Crippen LogP contribution in [0, 0.1) is 12.8 Å². The second-order valence-corrected chi connectivity index (χ2v) is 6.37. The molecule has 1 aliphatic heterocycles. The van der Waals surface area contributed by atoms with E-state index in [0.717, 1.165) is 12.0 Å². The number of aryl methyl sites for hydroxylation is 1. The Hall–Kier alpha value is -0.820. The smallest absolute Gasteiger partial charge is 0.0167 e. The molecule has 0 saturated carbocycles. The van der Waals surface area contributed by atoms with E-state index < -0.39 is 0 Å². The lowest BCUT2D eigenvalue weighted by Crippen LogP contribution is -2.56. The minimum atomic E-state index is 0.400. The molecule has 0 radical (unpaired) electrons. The Morgan fingerprint density at radius 1 is 1.35 bits per heavy atom. The van der Waals surface area contributed by atoms with E-state index in [1.807, 2.05) is 0 Å². The Bertz CT molecular complexity index is 451. The van der Waals surface area contributed by atoms with E-state index in [-0.39, 0.29) is 0 Å². The summed E-state index contributed by atoms with van der Waals surface area (Å²) in [7, 11) is 2.29. The van der Waals surface area contributed by atoms with Gasteiger partial charge in [0.25, 0.3) is 0 Å². The van der Waals surface area contributed by atoms with Gasteiger partial charge in [-0.05, 0) is 55.8 Å². The molecular formula is C16H23N. The van der Waals surface area contributed by atoms with Crippen molar-refractivity contribution in [2.24, 2.45) is 5.92 Å². The summed E-state index contributed by atoms with van der Waals surface area (Å²) in [5, 5.41) is 0. The summed E-state index contributed by atoms with van der Waals surface area (Å²) < 4.78 is 0. The van der Waals surface area contributed by atoms with Gasteiger partial charge < -0.3 is 4.90 Å². The van der Waals surface area contributed by atoms with E-state index in [1.54, 1.807) is 11.1 Å². The van der Waals surface area contributed by atoms with E-state index in [2.05, 4.69) is 50.9 Å². The van der Waals surface area contributed by atoms with Crippen LogP contribution in [0.1, 0.15) is 37.0 Å². The number of rotatable bonds is 0. The molecule has 1 saturated heterocycles. The van der Waals surface area contributed by atoms with E-state index >= 15 is 0 Å². The van der Waals surface area contributed by atoms with Crippen LogP contribution in [0.3, 0.4) is 0 Å². The van der Waals surface area contributed by atoms with Crippen molar-refractivity contribution in [3.05, 3.63) is 34.9 Å². The minimum absolute atomic E-state index is 0.400. The molecular weight excluding hydrogens is 206 g/mol. The van der Waals surface area contributed by atoms with Gasteiger partial charge in [-0.25, -0.2) is 0 Å². The van der Waals surface area contributed by atoms with Crippen molar-refractivity contribution in [3.8, 4) is 0 Å². The summed E-state index contributed by atoms with van der Waals surface area (Å²) >= 11 is 0. The van der Waals surface area contributed by atoms with Crippen LogP contribution < -0.4 is 0 Å². The first kappa shape index (κ1) is 11.3. The molecule has 92 valence electrons. The predicted molar refractivity (Wildman–Crippen MR) is 72.4 cm³/mol. The summed E-state index contributed by atoms with van der Waals surface area (Å²) in [6.45, 7) is 8.40. The van der Waals surface area contributed by atoms with Gasteiger partial charge >= 0.3 is 0 Å². The lowest BCUT2D eigenvalue weighted by molar-refractivity contribution is 0.0507. The molecule has 1 aliphatic carbocycles. The largest absolute Gasteiger partial charge is 0.303 e. The number of nitrogens with zero attached hydrogens (tertiary/aromatic N) is 1.